The minimum atomic E-state index is -0.660. The molecule has 4 unspecified atom stereocenters. The zero-order valence-corrected chi connectivity index (χ0v) is 12.8. The van der Waals surface area contributed by atoms with E-state index in [1.54, 1.807) is 7.11 Å². The van der Waals surface area contributed by atoms with E-state index in [9.17, 15) is 9.90 Å². The van der Waals surface area contributed by atoms with Gasteiger partial charge in [-0.2, -0.15) is 0 Å². The van der Waals surface area contributed by atoms with E-state index in [0.29, 0.717) is 29.2 Å². The largest absolute Gasteiger partial charge is 0.495 e. The second-order valence-corrected chi connectivity index (χ2v) is 6.48. The number of fused-ring (bicyclic) bond motifs is 2. The van der Waals surface area contributed by atoms with Crippen LogP contribution in [0, 0.1) is 17.8 Å². The van der Waals surface area contributed by atoms with Gasteiger partial charge in [0.2, 0.25) is 0 Å². The van der Waals surface area contributed by atoms with Gasteiger partial charge in [0.15, 0.2) is 0 Å². The van der Waals surface area contributed by atoms with E-state index in [1.165, 1.54) is 0 Å². The number of hydrogen-bond donors (Lipinski definition) is 2. The van der Waals surface area contributed by atoms with Gasteiger partial charge < -0.3 is 15.2 Å². The zero-order valence-electron chi connectivity index (χ0n) is 12.0. The fraction of sp³-hybridized carbons (Fsp3) is 0.562. The molecule has 0 radical (unpaired) electrons. The maximum atomic E-state index is 11.5. The van der Waals surface area contributed by atoms with Crippen molar-refractivity contribution in [2.24, 2.45) is 17.8 Å². The summed E-state index contributed by atoms with van der Waals surface area (Å²) in [7, 11) is 1.59. The third kappa shape index (κ3) is 2.74. The van der Waals surface area contributed by atoms with Crippen LogP contribution in [0.3, 0.4) is 0 Å². The number of rotatable bonds is 5. The highest BCUT2D eigenvalue weighted by Gasteiger charge is 2.50. The maximum absolute atomic E-state index is 11.5. The predicted molar refractivity (Wildman–Crippen MR) is 80.6 cm³/mol. The van der Waals surface area contributed by atoms with Crippen molar-refractivity contribution in [2.45, 2.75) is 31.8 Å². The van der Waals surface area contributed by atoms with Crippen LogP contribution >= 0.6 is 11.6 Å². The van der Waals surface area contributed by atoms with Crippen molar-refractivity contribution >= 4 is 17.6 Å². The Hall–Kier alpha value is -1.26. The standard InChI is InChI=1S/C16H20ClNO3/c1-21-13-5-2-9(6-12(13)17)8-18-15-11-4-3-10(7-11)14(15)16(19)20/h2,5-6,10-11,14-15,18H,3-4,7-8H2,1H3,(H,19,20). The Morgan fingerprint density at radius 3 is 2.86 bits per heavy atom. The summed E-state index contributed by atoms with van der Waals surface area (Å²) < 4.78 is 5.14. The van der Waals surface area contributed by atoms with Crippen molar-refractivity contribution in [1.82, 2.24) is 5.32 Å². The molecule has 2 aliphatic rings. The molecule has 0 saturated heterocycles. The van der Waals surface area contributed by atoms with Crippen molar-refractivity contribution in [3.05, 3.63) is 28.8 Å². The average Bonchev–Trinajstić information content (AvgIpc) is 3.05. The Kier molecular flexibility index (Phi) is 4.09. The van der Waals surface area contributed by atoms with E-state index in [-0.39, 0.29) is 12.0 Å². The van der Waals surface area contributed by atoms with Crippen molar-refractivity contribution in [3.8, 4) is 5.75 Å². The molecule has 5 heteroatoms. The topological polar surface area (TPSA) is 58.6 Å². The predicted octanol–water partition coefficient (Wildman–Crippen LogP) is 2.94. The van der Waals surface area contributed by atoms with E-state index in [4.69, 9.17) is 16.3 Å². The molecule has 21 heavy (non-hydrogen) atoms. The summed E-state index contributed by atoms with van der Waals surface area (Å²) in [4.78, 5) is 11.5. The zero-order chi connectivity index (χ0) is 15.0. The van der Waals surface area contributed by atoms with E-state index in [0.717, 1.165) is 24.8 Å². The van der Waals surface area contributed by atoms with Gasteiger partial charge >= 0.3 is 5.97 Å². The second kappa shape index (κ2) is 5.85. The van der Waals surface area contributed by atoms with Gasteiger partial charge in [-0.25, -0.2) is 0 Å². The minimum Gasteiger partial charge on any atom is -0.495 e. The van der Waals surface area contributed by atoms with Gasteiger partial charge in [0.25, 0.3) is 0 Å². The molecule has 2 aliphatic carbocycles. The monoisotopic (exact) mass is 309 g/mol. The summed E-state index contributed by atoms with van der Waals surface area (Å²) in [5.41, 5.74) is 1.05. The molecule has 0 spiro atoms. The second-order valence-electron chi connectivity index (χ2n) is 6.07. The molecule has 2 N–H and O–H groups in total. The van der Waals surface area contributed by atoms with Crippen LogP contribution < -0.4 is 10.1 Å². The van der Waals surface area contributed by atoms with E-state index in [2.05, 4.69) is 5.32 Å². The van der Waals surface area contributed by atoms with Crippen LogP contribution in [0.4, 0.5) is 0 Å². The van der Waals surface area contributed by atoms with Gasteiger partial charge in [0.1, 0.15) is 5.75 Å². The number of aliphatic carboxylic acids is 1. The van der Waals surface area contributed by atoms with Crippen LogP contribution in [0.25, 0.3) is 0 Å². The highest BCUT2D eigenvalue weighted by Crippen LogP contribution is 2.48. The molecule has 0 heterocycles. The lowest BCUT2D eigenvalue weighted by Crippen LogP contribution is -2.43. The number of carboxylic acids is 1. The number of carbonyl (C=O) groups is 1. The smallest absolute Gasteiger partial charge is 0.308 e. The number of benzene rings is 1. The number of methoxy groups -OCH3 is 1. The highest BCUT2D eigenvalue weighted by atomic mass is 35.5. The molecule has 2 saturated carbocycles. The molecule has 4 atom stereocenters. The van der Waals surface area contributed by atoms with Crippen molar-refractivity contribution in [2.75, 3.05) is 7.11 Å². The molecule has 3 rings (SSSR count). The van der Waals surface area contributed by atoms with E-state index >= 15 is 0 Å². The van der Waals surface area contributed by atoms with Crippen LogP contribution in [-0.4, -0.2) is 24.2 Å². The average molecular weight is 310 g/mol. The molecule has 2 bridgehead atoms. The first kappa shape index (κ1) is 14.7. The fourth-order valence-electron chi connectivity index (χ4n) is 4.00. The number of ether oxygens (including phenoxy) is 1. The third-order valence-corrected chi connectivity index (χ3v) is 5.25. The van der Waals surface area contributed by atoms with E-state index in [1.807, 2.05) is 18.2 Å². The molecule has 0 amide bonds. The molecule has 0 aromatic heterocycles. The SMILES string of the molecule is COc1ccc(CNC2C3CCC(C3)C2C(=O)O)cc1Cl. The van der Waals surface area contributed by atoms with Crippen LogP contribution in [0.1, 0.15) is 24.8 Å². The molecular weight excluding hydrogens is 290 g/mol. The maximum Gasteiger partial charge on any atom is 0.308 e. The summed E-state index contributed by atoms with van der Waals surface area (Å²) in [5.74, 6) is 0.614. The summed E-state index contributed by atoms with van der Waals surface area (Å²) in [6.07, 6.45) is 3.27. The molecule has 0 aliphatic heterocycles. The summed E-state index contributed by atoms with van der Waals surface area (Å²) in [6, 6.07) is 5.76. The number of nitrogens with one attached hydrogen (secondary N) is 1. The highest BCUT2D eigenvalue weighted by molar-refractivity contribution is 6.32. The van der Waals surface area contributed by atoms with Gasteiger partial charge in [-0.3, -0.25) is 4.79 Å². The summed E-state index contributed by atoms with van der Waals surface area (Å²) in [5, 5.41) is 13.5. The minimum absolute atomic E-state index is 0.0853. The molecule has 114 valence electrons. The summed E-state index contributed by atoms with van der Waals surface area (Å²) >= 11 is 6.12. The van der Waals surface area contributed by atoms with Gasteiger partial charge in [-0.1, -0.05) is 17.7 Å². The lowest BCUT2D eigenvalue weighted by Gasteiger charge is -2.29. The Morgan fingerprint density at radius 1 is 1.43 bits per heavy atom. The molecule has 2 fully saturated rings. The molecular formula is C16H20ClNO3. The van der Waals surface area contributed by atoms with Crippen LogP contribution in [0.15, 0.2) is 18.2 Å². The van der Waals surface area contributed by atoms with Crippen molar-refractivity contribution in [3.63, 3.8) is 0 Å². The Balaban J connectivity index is 1.67. The van der Waals surface area contributed by atoms with Crippen molar-refractivity contribution < 1.29 is 14.6 Å². The number of carboxylic acid groups (broad SMARTS) is 1. The van der Waals surface area contributed by atoms with Crippen LogP contribution in [0.5, 0.6) is 5.75 Å². The fourth-order valence-corrected chi connectivity index (χ4v) is 4.28. The third-order valence-electron chi connectivity index (χ3n) is 4.96. The first-order valence-corrected chi connectivity index (χ1v) is 7.76. The van der Waals surface area contributed by atoms with Gasteiger partial charge in [0.05, 0.1) is 18.1 Å². The first-order chi connectivity index (χ1) is 10.1. The van der Waals surface area contributed by atoms with Gasteiger partial charge in [0, 0.05) is 12.6 Å². The first-order valence-electron chi connectivity index (χ1n) is 7.38. The van der Waals surface area contributed by atoms with Crippen molar-refractivity contribution in [1.29, 1.82) is 0 Å². The van der Waals surface area contributed by atoms with Crippen LogP contribution in [-0.2, 0) is 11.3 Å². The Morgan fingerprint density at radius 2 is 2.19 bits per heavy atom. The van der Waals surface area contributed by atoms with Gasteiger partial charge in [-0.15, -0.1) is 0 Å². The van der Waals surface area contributed by atoms with Gasteiger partial charge in [-0.05, 0) is 48.8 Å². The Labute approximate surface area is 129 Å². The molecule has 4 nitrogen and oxygen atoms in total. The lowest BCUT2D eigenvalue weighted by molar-refractivity contribution is -0.144. The number of halogens is 1. The lowest BCUT2D eigenvalue weighted by atomic mass is 9.84. The van der Waals surface area contributed by atoms with E-state index < -0.39 is 5.97 Å². The Bertz CT molecular complexity index is 548. The molecule has 1 aromatic rings. The van der Waals surface area contributed by atoms with Crippen LogP contribution in [0.2, 0.25) is 5.02 Å². The normalized spacial score (nSPS) is 30.6. The molecule has 1 aromatic carbocycles. The summed E-state index contributed by atoms with van der Waals surface area (Å²) in [6.45, 7) is 0.640. The number of hydrogen-bond acceptors (Lipinski definition) is 3. The quantitative estimate of drug-likeness (QED) is 0.878.